The first-order chi connectivity index (χ1) is 14.8. The van der Waals surface area contributed by atoms with Gasteiger partial charge in [-0.15, -0.1) is 0 Å². The Bertz CT molecular complexity index is 1150. The van der Waals surface area contributed by atoms with Crippen molar-refractivity contribution < 1.29 is 18.3 Å². The van der Waals surface area contributed by atoms with Gasteiger partial charge in [-0.05, 0) is 12.1 Å². The average Bonchev–Trinajstić information content (AvgIpc) is 3.15. The molecule has 1 spiro atoms. The molecule has 1 fully saturated rings. The standard InChI is InChI=1S/C20H19ClF2N6O2/c1-28-17-15(31-10-19(28)8-20(22,23)9-19)6-24-18(27-17)26-12-3-4-13(14(5-12)30-2)29-7-16(21)25-11-29/h3-7,11H,8-10H2,1-2H3,(H,24,26,27). The van der Waals surface area contributed by atoms with E-state index in [-0.39, 0.29) is 19.4 Å². The van der Waals surface area contributed by atoms with Crippen LogP contribution in [0.15, 0.2) is 36.9 Å². The highest BCUT2D eigenvalue weighted by atomic mass is 35.5. The maximum atomic E-state index is 13.6. The van der Waals surface area contributed by atoms with Gasteiger partial charge in [0.15, 0.2) is 11.6 Å². The number of nitrogens with one attached hydrogen (secondary N) is 1. The highest BCUT2D eigenvalue weighted by Crippen LogP contribution is 2.52. The number of anilines is 3. The molecule has 0 bridgehead atoms. The van der Waals surface area contributed by atoms with Crippen LogP contribution in [0.25, 0.3) is 5.69 Å². The van der Waals surface area contributed by atoms with Crippen molar-refractivity contribution in [1.29, 1.82) is 0 Å². The second-order valence-electron chi connectivity index (χ2n) is 7.78. The summed E-state index contributed by atoms with van der Waals surface area (Å²) in [6.07, 6.45) is 4.31. The molecule has 3 aromatic rings. The van der Waals surface area contributed by atoms with E-state index < -0.39 is 11.5 Å². The molecule has 0 unspecified atom stereocenters. The fourth-order valence-electron chi connectivity index (χ4n) is 4.08. The predicted molar refractivity (Wildman–Crippen MR) is 111 cm³/mol. The number of aromatic nitrogens is 4. The maximum absolute atomic E-state index is 13.6. The number of nitrogens with zero attached hydrogens (tertiary/aromatic N) is 5. The lowest BCUT2D eigenvalue weighted by molar-refractivity contribution is -0.135. The molecule has 0 atom stereocenters. The molecule has 0 radical (unpaired) electrons. The molecule has 0 saturated heterocycles. The van der Waals surface area contributed by atoms with Crippen molar-refractivity contribution >= 4 is 29.1 Å². The molecule has 3 heterocycles. The van der Waals surface area contributed by atoms with Crippen molar-refractivity contribution in [3.8, 4) is 17.2 Å². The molecule has 0 amide bonds. The van der Waals surface area contributed by atoms with Crippen LogP contribution in [-0.4, -0.2) is 51.7 Å². The van der Waals surface area contributed by atoms with Gasteiger partial charge >= 0.3 is 0 Å². The summed E-state index contributed by atoms with van der Waals surface area (Å²) < 4.78 is 40.0. The number of fused-ring (bicyclic) bond motifs is 1. The Kier molecular flexibility index (Phi) is 4.44. The van der Waals surface area contributed by atoms with Gasteiger partial charge in [0.2, 0.25) is 5.95 Å². The Morgan fingerprint density at radius 2 is 2.06 bits per heavy atom. The van der Waals surface area contributed by atoms with Crippen molar-refractivity contribution in [3.63, 3.8) is 0 Å². The van der Waals surface area contributed by atoms with E-state index in [0.717, 1.165) is 5.69 Å². The molecule has 1 aliphatic heterocycles. The fourth-order valence-corrected chi connectivity index (χ4v) is 4.23. The number of imidazole rings is 1. The van der Waals surface area contributed by atoms with Crippen LogP contribution in [0.4, 0.5) is 26.2 Å². The molecule has 1 saturated carbocycles. The smallest absolute Gasteiger partial charge is 0.252 e. The summed E-state index contributed by atoms with van der Waals surface area (Å²) in [7, 11) is 3.33. The molecule has 5 rings (SSSR count). The topological polar surface area (TPSA) is 77.3 Å². The van der Waals surface area contributed by atoms with Crippen molar-refractivity contribution in [3.05, 3.63) is 42.1 Å². The summed E-state index contributed by atoms with van der Waals surface area (Å²) in [6.45, 7) is 0.194. The van der Waals surface area contributed by atoms with Gasteiger partial charge in [0.05, 0.1) is 24.5 Å². The summed E-state index contributed by atoms with van der Waals surface area (Å²) in [5, 5.41) is 3.50. The minimum Gasteiger partial charge on any atom is -0.494 e. The van der Waals surface area contributed by atoms with E-state index in [2.05, 4.69) is 20.3 Å². The number of alkyl halides is 2. The van der Waals surface area contributed by atoms with Crippen LogP contribution in [0.5, 0.6) is 11.5 Å². The van der Waals surface area contributed by atoms with E-state index in [1.807, 2.05) is 12.1 Å². The van der Waals surface area contributed by atoms with Crippen molar-refractivity contribution in [2.45, 2.75) is 24.3 Å². The second-order valence-corrected chi connectivity index (χ2v) is 8.17. The van der Waals surface area contributed by atoms with Crippen LogP contribution in [0.3, 0.4) is 0 Å². The summed E-state index contributed by atoms with van der Waals surface area (Å²) in [6, 6.07) is 5.47. The first-order valence-corrected chi connectivity index (χ1v) is 9.93. The van der Waals surface area contributed by atoms with Crippen LogP contribution >= 0.6 is 11.6 Å². The second kappa shape index (κ2) is 6.94. The van der Waals surface area contributed by atoms with E-state index >= 15 is 0 Å². The molecular formula is C20H19ClF2N6O2. The van der Waals surface area contributed by atoms with Gasteiger partial charge in [-0.1, -0.05) is 11.6 Å². The van der Waals surface area contributed by atoms with Crippen LogP contribution in [0.1, 0.15) is 12.8 Å². The number of ether oxygens (including phenoxy) is 2. The number of halogens is 3. The zero-order valence-electron chi connectivity index (χ0n) is 16.8. The van der Waals surface area contributed by atoms with E-state index in [1.54, 1.807) is 48.4 Å². The Hall–Kier alpha value is -3.14. The van der Waals surface area contributed by atoms with Gasteiger partial charge in [0.1, 0.15) is 23.8 Å². The third-order valence-corrected chi connectivity index (χ3v) is 5.90. The number of rotatable bonds is 4. The molecule has 1 aliphatic carbocycles. The maximum Gasteiger partial charge on any atom is 0.252 e. The highest BCUT2D eigenvalue weighted by molar-refractivity contribution is 6.29. The van der Waals surface area contributed by atoms with E-state index in [9.17, 15) is 8.78 Å². The molecule has 162 valence electrons. The first-order valence-electron chi connectivity index (χ1n) is 9.55. The van der Waals surface area contributed by atoms with Crippen molar-refractivity contribution in [2.24, 2.45) is 0 Å². The normalized spacial score (nSPS) is 18.2. The van der Waals surface area contributed by atoms with Crippen LogP contribution in [-0.2, 0) is 0 Å². The highest BCUT2D eigenvalue weighted by Gasteiger charge is 2.61. The zero-order valence-corrected chi connectivity index (χ0v) is 17.5. The summed E-state index contributed by atoms with van der Waals surface area (Å²) in [4.78, 5) is 14.6. The Morgan fingerprint density at radius 3 is 2.74 bits per heavy atom. The third kappa shape index (κ3) is 3.40. The monoisotopic (exact) mass is 448 g/mol. The fraction of sp³-hybridized carbons (Fsp3) is 0.350. The van der Waals surface area contributed by atoms with Gasteiger partial charge in [0.25, 0.3) is 5.92 Å². The predicted octanol–water partition coefficient (Wildman–Crippen LogP) is 4.06. The van der Waals surface area contributed by atoms with Crippen LogP contribution in [0.2, 0.25) is 5.15 Å². The summed E-state index contributed by atoms with van der Waals surface area (Å²) in [5.74, 6) is -0.804. The molecule has 2 aliphatic rings. The van der Waals surface area contributed by atoms with Crippen molar-refractivity contribution in [1.82, 2.24) is 19.5 Å². The van der Waals surface area contributed by atoms with Crippen molar-refractivity contribution in [2.75, 3.05) is 31.0 Å². The first kappa shape index (κ1) is 19.8. The number of hydrogen-bond acceptors (Lipinski definition) is 7. The zero-order chi connectivity index (χ0) is 21.8. The quantitative estimate of drug-likeness (QED) is 0.644. The molecule has 1 aromatic carbocycles. The molecular weight excluding hydrogens is 430 g/mol. The Morgan fingerprint density at radius 1 is 1.26 bits per heavy atom. The van der Waals surface area contributed by atoms with Crippen LogP contribution < -0.4 is 19.7 Å². The largest absolute Gasteiger partial charge is 0.494 e. The third-order valence-electron chi connectivity index (χ3n) is 5.70. The van der Waals surface area contributed by atoms with Gasteiger partial charge in [-0.25, -0.2) is 18.7 Å². The van der Waals surface area contributed by atoms with E-state index in [4.69, 9.17) is 21.1 Å². The lowest BCUT2D eigenvalue weighted by Crippen LogP contribution is -2.66. The Balaban J connectivity index is 1.40. The van der Waals surface area contributed by atoms with E-state index in [1.165, 1.54) is 0 Å². The molecule has 31 heavy (non-hydrogen) atoms. The lowest BCUT2D eigenvalue weighted by Gasteiger charge is -2.54. The Labute approximate surface area is 181 Å². The summed E-state index contributed by atoms with van der Waals surface area (Å²) >= 11 is 5.91. The van der Waals surface area contributed by atoms with Gasteiger partial charge in [-0.2, -0.15) is 4.98 Å². The minimum absolute atomic E-state index is 0.194. The molecule has 1 N–H and O–H groups in total. The average molecular weight is 449 g/mol. The minimum atomic E-state index is -2.67. The molecule has 11 heteroatoms. The molecule has 2 aromatic heterocycles. The molecule has 8 nitrogen and oxygen atoms in total. The van der Waals surface area contributed by atoms with Gasteiger partial charge in [0, 0.05) is 37.8 Å². The lowest BCUT2D eigenvalue weighted by atomic mass is 9.72. The summed E-state index contributed by atoms with van der Waals surface area (Å²) in [5.41, 5.74) is 0.717. The van der Waals surface area contributed by atoms with E-state index in [0.29, 0.717) is 34.1 Å². The number of benzene rings is 1. The number of hydrogen-bond donors (Lipinski definition) is 1. The van der Waals surface area contributed by atoms with Crippen LogP contribution in [0, 0.1) is 0 Å². The SMILES string of the molecule is COc1cc(Nc2ncc3c(n2)N(C)C2(CO3)CC(F)(F)C2)ccc1-n1cnc(Cl)c1. The van der Waals surface area contributed by atoms with Gasteiger partial charge < -0.3 is 24.3 Å². The van der Waals surface area contributed by atoms with Gasteiger partial charge in [-0.3, -0.25) is 0 Å². The number of methoxy groups -OCH3 is 1. The number of likely N-dealkylation sites (N-methyl/N-ethyl adjacent to an activating group) is 1.